The predicted octanol–water partition coefficient (Wildman–Crippen LogP) is 7.33. The number of aromatic nitrogens is 1. The Bertz CT molecular complexity index is 1280. The summed E-state index contributed by atoms with van der Waals surface area (Å²) in [6.07, 6.45) is -3.11. The van der Waals surface area contributed by atoms with E-state index in [1.165, 1.54) is 24.4 Å². The van der Waals surface area contributed by atoms with Gasteiger partial charge in [0.1, 0.15) is 22.9 Å². The summed E-state index contributed by atoms with van der Waals surface area (Å²) >= 11 is 0. The smallest absolute Gasteiger partial charge is 0.416 e. The number of nitrogens with zero attached hydrogens (tertiary/aromatic N) is 1. The van der Waals surface area contributed by atoms with Gasteiger partial charge in [0, 0.05) is 18.0 Å². The van der Waals surface area contributed by atoms with E-state index >= 15 is 0 Å². The van der Waals surface area contributed by atoms with E-state index in [1.54, 1.807) is 42.5 Å². The summed E-state index contributed by atoms with van der Waals surface area (Å²) in [4.78, 5) is 16.6. The molecule has 0 unspecified atom stereocenters. The Morgan fingerprint density at radius 2 is 1.44 bits per heavy atom. The number of alkyl halides is 3. The molecule has 3 aromatic carbocycles. The van der Waals surface area contributed by atoms with Gasteiger partial charge in [-0.25, -0.2) is 9.78 Å². The molecule has 0 radical (unpaired) electrons. The molecule has 0 saturated carbocycles. The first-order valence-electron chi connectivity index (χ1n) is 10.1. The Labute approximate surface area is 193 Å². The zero-order valence-electron chi connectivity index (χ0n) is 17.5. The van der Waals surface area contributed by atoms with E-state index in [-0.39, 0.29) is 17.3 Å². The van der Waals surface area contributed by atoms with Gasteiger partial charge in [0.2, 0.25) is 5.88 Å². The number of benzene rings is 3. The number of halogens is 3. The molecule has 0 bridgehead atoms. The minimum atomic E-state index is -4.51. The normalized spacial score (nSPS) is 10.9. The van der Waals surface area contributed by atoms with Crippen molar-refractivity contribution in [2.75, 3.05) is 10.6 Å². The molecule has 172 valence electrons. The van der Waals surface area contributed by atoms with Crippen molar-refractivity contribution in [2.24, 2.45) is 0 Å². The monoisotopic (exact) mass is 465 g/mol. The summed E-state index contributed by atoms with van der Waals surface area (Å²) in [5.74, 6) is 1.05. The number of para-hydroxylation sites is 1. The number of carbonyl (C=O) groups is 1. The molecular formula is C25H18F3N3O3. The lowest BCUT2D eigenvalue weighted by molar-refractivity contribution is -0.137. The van der Waals surface area contributed by atoms with Crippen LogP contribution in [0, 0.1) is 0 Å². The van der Waals surface area contributed by atoms with Gasteiger partial charge in [0.05, 0.1) is 5.56 Å². The minimum absolute atomic E-state index is 0.0573. The molecule has 0 saturated heterocycles. The molecule has 0 aliphatic rings. The van der Waals surface area contributed by atoms with Gasteiger partial charge >= 0.3 is 12.2 Å². The summed E-state index contributed by atoms with van der Waals surface area (Å²) in [5.41, 5.74) is -0.213. The number of hydrogen-bond donors (Lipinski definition) is 2. The van der Waals surface area contributed by atoms with Crippen LogP contribution in [0.5, 0.6) is 23.1 Å². The number of carbonyl (C=O) groups excluding carboxylic acids is 1. The molecule has 0 fully saturated rings. The number of nitrogens with one attached hydrogen (secondary N) is 2. The molecule has 1 heterocycles. The summed E-state index contributed by atoms with van der Waals surface area (Å²) in [5, 5.41) is 5.27. The Morgan fingerprint density at radius 1 is 0.735 bits per heavy atom. The lowest BCUT2D eigenvalue weighted by atomic mass is 10.2. The third-order valence-electron chi connectivity index (χ3n) is 4.47. The van der Waals surface area contributed by atoms with Gasteiger partial charge in [-0.3, -0.25) is 0 Å². The van der Waals surface area contributed by atoms with Crippen LogP contribution in [0.25, 0.3) is 0 Å². The van der Waals surface area contributed by atoms with Crippen molar-refractivity contribution in [3.63, 3.8) is 0 Å². The van der Waals surface area contributed by atoms with Gasteiger partial charge in [0.25, 0.3) is 0 Å². The van der Waals surface area contributed by atoms with Crippen LogP contribution in [0.2, 0.25) is 0 Å². The van der Waals surface area contributed by atoms with Gasteiger partial charge < -0.3 is 20.1 Å². The number of anilines is 2. The molecule has 0 atom stereocenters. The topological polar surface area (TPSA) is 72.5 Å². The largest absolute Gasteiger partial charge is 0.457 e. The summed E-state index contributed by atoms with van der Waals surface area (Å²) in [7, 11) is 0. The molecule has 0 aliphatic heterocycles. The second-order valence-corrected chi connectivity index (χ2v) is 7.01. The minimum Gasteiger partial charge on any atom is -0.457 e. The number of pyridine rings is 1. The second kappa shape index (κ2) is 9.95. The quantitative estimate of drug-likeness (QED) is 0.313. The maximum Gasteiger partial charge on any atom is 0.416 e. The highest BCUT2D eigenvalue weighted by Gasteiger charge is 2.30. The molecule has 4 aromatic rings. The number of amides is 2. The van der Waals surface area contributed by atoms with Gasteiger partial charge in [-0.05, 0) is 54.6 Å². The highest BCUT2D eigenvalue weighted by molar-refractivity contribution is 6.00. The van der Waals surface area contributed by atoms with E-state index in [0.29, 0.717) is 17.2 Å². The third kappa shape index (κ3) is 6.04. The summed E-state index contributed by atoms with van der Waals surface area (Å²) < 4.78 is 50.2. The average molecular weight is 465 g/mol. The van der Waals surface area contributed by atoms with E-state index in [2.05, 4.69) is 15.6 Å². The van der Waals surface area contributed by atoms with Crippen LogP contribution in [0.3, 0.4) is 0 Å². The molecule has 6 nitrogen and oxygen atoms in total. The maximum absolute atomic E-state index is 13.0. The van der Waals surface area contributed by atoms with E-state index in [0.717, 1.165) is 12.1 Å². The zero-order valence-corrected chi connectivity index (χ0v) is 17.5. The van der Waals surface area contributed by atoms with Crippen molar-refractivity contribution in [1.29, 1.82) is 0 Å². The van der Waals surface area contributed by atoms with Crippen LogP contribution < -0.4 is 20.1 Å². The van der Waals surface area contributed by atoms with Crippen LogP contribution in [0.4, 0.5) is 29.3 Å². The highest BCUT2D eigenvalue weighted by Crippen LogP contribution is 2.34. The maximum atomic E-state index is 13.0. The lowest BCUT2D eigenvalue weighted by Crippen LogP contribution is -2.20. The van der Waals surface area contributed by atoms with E-state index in [1.807, 2.05) is 18.2 Å². The molecule has 0 aliphatic carbocycles. The molecule has 1 aromatic heterocycles. The number of urea groups is 1. The fourth-order valence-corrected chi connectivity index (χ4v) is 2.96. The summed E-state index contributed by atoms with van der Waals surface area (Å²) in [6, 6.07) is 22.8. The molecule has 0 spiro atoms. The van der Waals surface area contributed by atoms with Crippen molar-refractivity contribution >= 4 is 17.4 Å². The first kappa shape index (κ1) is 22.7. The van der Waals surface area contributed by atoms with Crippen LogP contribution in [0.15, 0.2) is 97.2 Å². The predicted molar refractivity (Wildman–Crippen MR) is 121 cm³/mol. The van der Waals surface area contributed by atoms with Crippen molar-refractivity contribution in [3.8, 4) is 23.1 Å². The lowest BCUT2D eigenvalue weighted by Gasteiger charge is -2.13. The molecular weight excluding hydrogens is 447 g/mol. The van der Waals surface area contributed by atoms with Gasteiger partial charge in [-0.1, -0.05) is 30.3 Å². The standard InChI is InChI=1S/C25H18F3N3O3/c26-25(27,28)17-7-4-11-20(15-17)34-23-22(13-6-14-29-23)31-24(32)30-18-8-5-12-21(16-18)33-19-9-2-1-3-10-19/h1-16H,(H2,30,31,32). The molecule has 2 N–H and O–H groups in total. The molecule has 9 heteroatoms. The van der Waals surface area contributed by atoms with Crippen LogP contribution in [-0.4, -0.2) is 11.0 Å². The Kier molecular flexibility index (Phi) is 6.63. The van der Waals surface area contributed by atoms with E-state index in [9.17, 15) is 18.0 Å². The average Bonchev–Trinajstić information content (AvgIpc) is 2.81. The van der Waals surface area contributed by atoms with Crippen LogP contribution in [0.1, 0.15) is 5.56 Å². The SMILES string of the molecule is O=C(Nc1cccc(Oc2ccccc2)c1)Nc1cccnc1Oc1cccc(C(F)(F)F)c1. The Balaban J connectivity index is 1.44. The molecule has 4 rings (SSSR count). The van der Waals surface area contributed by atoms with E-state index < -0.39 is 17.8 Å². The van der Waals surface area contributed by atoms with Crippen molar-refractivity contribution in [2.45, 2.75) is 6.18 Å². The first-order chi connectivity index (χ1) is 16.4. The third-order valence-corrected chi connectivity index (χ3v) is 4.47. The van der Waals surface area contributed by atoms with E-state index in [4.69, 9.17) is 9.47 Å². The second-order valence-electron chi connectivity index (χ2n) is 7.01. The fraction of sp³-hybridized carbons (Fsp3) is 0.0400. The number of rotatable bonds is 6. The van der Waals surface area contributed by atoms with Crippen molar-refractivity contribution in [3.05, 3.63) is 103 Å². The first-order valence-corrected chi connectivity index (χ1v) is 10.1. The Morgan fingerprint density at radius 3 is 2.21 bits per heavy atom. The van der Waals surface area contributed by atoms with Gasteiger partial charge in [-0.2, -0.15) is 13.2 Å². The fourth-order valence-electron chi connectivity index (χ4n) is 2.96. The summed E-state index contributed by atoms with van der Waals surface area (Å²) in [6.45, 7) is 0. The zero-order chi connectivity index (χ0) is 24.0. The van der Waals surface area contributed by atoms with Crippen LogP contribution >= 0.6 is 0 Å². The Hall–Kier alpha value is -4.53. The van der Waals surface area contributed by atoms with Gasteiger partial charge in [0.15, 0.2) is 0 Å². The molecule has 2 amide bonds. The van der Waals surface area contributed by atoms with Crippen molar-refractivity contribution < 1.29 is 27.4 Å². The molecule has 34 heavy (non-hydrogen) atoms. The van der Waals surface area contributed by atoms with Crippen molar-refractivity contribution in [1.82, 2.24) is 4.98 Å². The highest BCUT2D eigenvalue weighted by atomic mass is 19.4. The number of hydrogen-bond acceptors (Lipinski definition) is 4. The van der Waals surface area contributed by atoms with Crippen LogP contribution in [-0.2, 0) is 6.18 Å². The van der Waals surface area contributed by atoms with Gasteiger partial charge in [-0.15, -0.1) is 0 Å². The number of ether oxygens (including phenoxy) is 2.